The molecule has 0 aliphatic rings. The van der Waals surface area contributed by atoms with E-state index >= 15 is 0 Å². The first kappa shape index (κ1) is 16.6. The van der Waals surface area contributed by atoms with Gasteiger partial charge in [0.05, 0.1) is 11.0 Å². The number of carbonyl (C=O) groups excluding carboxylic acids is 1. The number of rotatable bonds is 7. The maximum absolute atomic E-state index is 12.0. The first-order valence-corrected chi connectivity index (χ1v) is 7.48. The van der Waals surface area contributed by atoms with Crippen molar-refractivity contribution in [1.29, 1.82) is 0 Å². The largest absolute Gasteiger partial charge is 0.381 e. The normalized spacial score (nSPS) is 12.0. The summed E-state index contributed by atoms with van der Waals surface area (Å²) in [5, 5.41) is 6.00. The lowest BCUT2D eigenvalue weighted by atomic mass is 10.0. The van der Waals surface area contributed by atoms with E-state index in [1.165, 1.54) is 5.56 Å². The fraction of sp³-hybridized carbons (Fsp3) is 0.500. The van der Waals surface area contributed by atoms with Crippen molar-refractivity contribution < 1.29 is 4.79 Å². The lowest BCUT2D eigenvalue weighted by molar-refractivity contribution is -0.121. The standard InChI is InChI=1S/C16H24N2OS/c1-12(2)9-10-15(19)18-14(16(20)17-3)11-13-7-5-4-6-8-13/h4-8,12,14H,9-11H2,1-3H3,(H,17,20)(H,18,19)/t14-/m0/s1. The number of hydrogen-bond donors (Lipinski definition) is 2. The molecule has 0 aliphatic heterocycles. The van der Waals surface area contributed by atoms with Gasteiger partial charge in [0.25, 0.3) is 0 Å². The number of benzene rings is 1. The minimum Gasteiger partial charge on any atom is -0.381 e. The Morgan fingerprint density at radius 1 is 1.25 bits per heavy atom. The lowest BCUT2D eigenvalue weighted by Gasteiger charge is -2.20. The average Bonchev–Trinajstić information content (AvgIpc) is 2.44. The number of thiocarbonyl (C=S) groups is 1. The molecule has 0 aromatic heterocycles. The van der Waals surface area contributed by atoms with Gasteiger partial charge in [-0.15, -0.1) is 0 Å². The molecule has 0 saturated heterocycles. The number of carbonyl (C=O) groups is 1. The SMILES string of the molecule is CNC(=S)[C@H](Cc1ccccc1)NC(=O)CCC(C)C. The molecule has 1 amide bonds. The molecule has 0 fully saturated rings. The average molecular weight is 292 g/mol. The molecular weight excluding hydrogens is 268 g/mol. The van der Waals surface area contributed by atoms with Gasteiger partial charge < -0.3 is 10.6 Å². The van der Waals surface area contributed by atoms with E-state index in [9.17, 15) is 4.79 Å². The van der Waals surface area contributed by atoms with Gasteiger partial charge in [0, 0.05) is 13.5 Å². The van der Waals surface area contributed by atoms with Crippen LogP contribution < -0.4 is 10.6 Å². The Labute approximate surface area is 127 Å². The summed E-state index contributed by atoms with van der Waals surface area (Å²) in [5.74, 6) is 0.599. The summed E-state index contributed by atoms with van der Waals surface area (Å²) < 4.78 is 0. The molecule has 0 unspecified atom stereocenters. The van der Waals surface area contributed by atoms with Crippen LogP contribution in [0.3, 0.4) is 0 Å². The second-order valence-corrected chi connectivity index (χ2v) is 5.80. The van der Waals surface area contributed by atoms with Crippen molar-refractivity contribution in [2.75, 3.05) is 7.05 Å². The number of hydrogen-bond acceptors (Lipinski definition) is 2. The van der Waals surface area contributed by atoms with Gasteiger partial charge in [-0.05, 0) is 24.3 Å². The highest BCUT2D eigenvalue weighted by atomic mass is 32.1. The molecule has 0 heterocycles. The first-order chi connectivity index (χ1) is 9.52. The highest BCUT2D eigenvalue weighted by Gasteiger charge is 2.17. The molecule has 1 atom stereocenters. The van der Waals surface area contributed by atoms with Gasteiger partial charge in [-0.25, -0.2) is 0 Å². The summed E-state index contributed by atoms with van der Waals surface area (Å²) in [6.45, 7) is 4.24. The molecule has 2 N–H and O–H groups in total. The second kappa shape index (κ2) is 8.69. The molecular formula is C16H24N2OS. The minimum atomic E-state index is -0.142. The molecule has 4 heteroatoms. The third kappa shape index (κ3) is 6.15. The van der Waals surface area contributed by atoms with Gasteiger partial charge in [-0.1, -0.05) is 56.4 Å². The van der Waals surface area contributed by atoms with E-state index in [0.29, 0.717) is 23.7 Å². The van der Waals surface area contributed by atoms with Gasteiger partial charge in [0.2, 0.25) is 5.91 Å². The summed E-state index contributed by atoms with van der Waals surface area (Å²) in [6, 6.07) is 9.93. The van der Waals surface area contributed by atoms with Gasteiger partial charge in [0.1, 0.15) is 0 Å². The van der Waals surface area contributed by atoms with Gasteiger partial charge in [-0.3, -0.25) is 4.79 Å². The van der Waals surface area contributed by atoms with Crippen LogP contribution in [0.5, 0.6) is 0 Å². The molecule has 0 aliphatic carbocycles. The van der Waals surface area contributed by atoms with Crippen molar-refractivity contribution in [3.05, 3.63) is 35.9 Å². The first-order valence-electron chi connectivity index (χ1n) is 7.07. The van der Waals surface area contributed by atoms with Crippen LogP contribution in [0, 0.1) is 5.92 Å². The molecule has 0 saturated carbocycles. The molecule has 3 nitrogen and oxygen atoms in total. The molecule has 0 bridgehead atoms. The van der Waals surface area contributed by atoms with Crippen LogP contribution in [-0.2, 0) is 11.2 Å². The number of likely N-dealkylation sites (N-methyl/N-ethyl adjacent to an activating group) is 1. The summed E-state index contributed by atoms with van der Waals surface area (Å²) >= 11 is 5.30. The second-order valence-electron chi connectivity index (χ2n) is 5.36. The summed E-state index contributed by atoms with van der Waals surface area (Å²) in [7, 11) is 1.79. The summed E-state index contributed by atoms with van der Waals surface area (Å²) in [4.78, 5) is 12.6. The summed E-state index contributed by atoms with van der Waals surface area (Å²) in [6.07, 6.45) is 2.17. The van der Waals surface area contributed by atoms with Crippen molar-refractivity contribution in [2.45, 2.75) is 39.2 Å². The van der Waals surface area contributed by atoms with Gasteiger partial charge >= 0.3 is 0 Å². The van der Waals surface area contributed by atoms with Crippen molar-refractivity contribution >= 4 is 23.1 Å². The molecule has 0 radical (unpaired) electrons. The Hall–Kier alpha value is -1.42. The van der Waals surface area contributed by atoms with Gasteiger partial charge in [-0.2, -0.15) is 0 Å². The van der Waals surface area contributed by atoms with Crippen LogP contribution in [0.15, 0.2) is 30.3 Å². The number of amides is 1. The van der Waals surface area contributed by atoms with Crippen molar-refractivity contribution in [2.24, 2.45) is 5.92 Å². The smallest absolute Gasteiger partial charge is 0.220 e. The van der Waals surface area contributed by atoms with E-state index in [0.717, 1.165) is 6.42 Å². The van der Waals surface area contributed by atoms with Crippen molar-refractivity contribution in [1.82, 2.24) is 10.6 Å². The third-order valence-corrected chi connectivity index (χ3v) is 3.62. The fourth-order valence-electron chi connectivity index (χ4n) is 1.92. The van der Waals surface area contributed by atoms with Crippen LogP contribution in [0.1, 0.15) is 32.3 Å². The molecule has 110 valence electrons. The van der Waals surface area contributed by atoms with E-state index in [1.807, 2.05) is 30.3 Å². The molecule has 1 aromatic rings. The van der Waals surface area contributed by atoms with Crippen molar-refractivity contribution in [3.8, 4) is 0 Å². The Bertz CT molecular complexity index is 431. The minimum absolute atomic E-state index is 0.0669. The number of nitrogens with one attached hydrogen (secondary N) is 2. The Morgan fingerprint density at radius 3 is 2.45 bits per heavy atom. The third-order valence-electron chi connectivity index (χ3n) is 3.13. The van der Waals surface area contributed by atoms with E-state index in [4.69, 9.17) is 12.2 Å². The van der Waals surface area contributed by atoms with Crippen LogP contribution >= 0.6 is 12.2 Å². The van der Waals surface area contributed by atoms with Crippen LogP contribution in [0.25, 0.3) is 0 Å². The molecule has 20 heavy (non-hydrogen) atoms. The maximum Gasteiger partial charge on any atom is 0.220 e. The highest BCUT2D eigenvalue weighted by molar-refractivity contribution is 7.80. The predicted octanol–water partition coefficient (Wildman–Crippen LogP) is 2.70. The van der Waals surface area contributed by atoms with E-state index < -0.39 is 0 Å². The Balaban J connectivity index is 2.61. The maximum atomic E-state index is 12.0. The Kier molecular flexibility index (Phi) is 7.23. The Morgan fingerprint density at radius 2 is 1.90 bits per heavy atom. The highest BCUT2D eigenvalue weighted by Crippen LogP contribution is 2.07. The fourth-order valence-corrected chi connectivity index (χ4v) is 2.06. The van der Waals surface area contributed by atoms with E-state index in [1.54, 1.807) is 7.05 Å². The van der Waals surface area contributed by atoms with E-state index in [2.05, 4.69) is 24.5 Å². The van der Waals surface area contributed by atoms with Crippen LogP contribution in [0.4, 0.5) is 0 Å². The zero-order valence-corrected chi connectivity index (χ0v) is 13.3. The molecule has 0 spiro atoms. The quantitative estimate of drug-likeness (QED) is 0.759. The van der Waals surface area contributed by atoms with Crippen LogP contribution in [-0.4, -0.2) is 24.0 Å². The van der Waals surface area contributed by atoms with Gasteiger partial charge in [0.15, 0.2) is 0 Å². The zero-order chi connectivity index (χ0) is 15.0. The monoisotopic (exact) mass is 292 g/mol. The van der Waals surface area contributed by atoms with Crippen LogP contribution in [0.2, 0.25) is 0 Å². The van der Waals surface area contributed by atoms with Crippen molar-refractivity contribution in [3.63, 3.8) is 0 Å². The topological polar surface area (TPSA) is 41.1 Å². The molecule has 1 aromatic carbocycles. The predicted molar refractivity (Wildman–Crippen MR) is 87.8 cm³/mol. The lowest BCUT2D eigenvalue weighted by Crippen LogP contribution is -2.46. The zero-order valence-electron chi connectivity index (χ0n) is 12.5. The van der Waals surface area contributed by atoms with E-state index in [-0.39, 0.29) is 11.9 Å². The summed E-state index contributed by atoms with van der Waals surface area (Å²) in [5.41, 5.74) is 1.17. The molecule has 1 rings (SSSR count).